The summed E-state index contributed by atoms with van der Waals surface area (Å²) in [5.41, 5.74) is 0.282. The molecule has 0 fully saturated rings. The number of rotatable bonds is 5. The van der Waals surface area contributed by atoms with Crippen LogP contribution in [0.5, 0.6) is 0 Å². The van der Waals surface area contributed by atoms with Crippen molar-refractivity contribution in [2.24, 2.45) is 7.05 Å². The Morgan fingerprint density at radius 2 is 2.00 bits per heavy atom. The molecule has 114 valence electrons. The van der Waals surface area contributed by atoms with E-state index in [4.69, 9.17) is 4.52 Å². The summed E-state index contributed by atoms with van der Waals surface area (Å²) in [5, 5.41) is 14.8. The molecular formula is C14H21N5O2. The van der Waals surface area contributed by atoms with Crippen LogP contribution >= 0.6 is 0 Å². The predicted octanol–water partition coefficient (Wildman–Crippen LogP) is 1.98. The Kier molecular flexibility index (Phi) is 4.40. The molecule has 2 rings (SSSR count). The van der Waals surface area contributed by atoms with Crippen LogP contribution in [0.4, 0.5) is 0 Å². The minimum Gasteiger partial charge on any atom is -0.360 e. The monoisotopic (exact) mass is 291 g/mol. The van der Waals surface area contributed by atoms with Crippen molar-refractivity contribution in [2.45, 2.75) is 46.1 Å². The van der Waals surface area contributed by atoms with Crippen LogP contribution in [0.15, 0.2) is 10.6 Å². The van der Waals surface area contributed by atoms with Crippen LogP contribution in [-0.2, 0) is 13.6 Å². The van der Waals surface area contributed by atoms with Crippen molar-refractivity contribution in [1.82, 2.24) is 25.2 Å². The highest BCUT2D eigenvalue weighted by Crippen LogP contribution is 2.15. The highest BCUT2D eigenvalue weighted by Gasteiger charge is 2.16. The molecule has 1 amide bonds. The van der Waals surface area contributed by atoms with Gasteiger partial charge >= 0.3 is 0 Å². The van der Waals surface area contributed by atoms with Gasteiger partial charge in [0.15, 0.2) is 11.5 Å². The normalized spacial score (nSPS) is 11.4. The molecule has 21 heavy (non-hydrogen) atoms. The number of aromatic nitrogens is 4. The van der Waals surface area contributed by atoms with E-state index in [1.54, 1.807) is 6.07 Å². The van der Waals surface area contributed by atoms with Gasteiger partial charge in [0.25, 0.3) is 5.91 Å². The summed E-state index contributed by atoms with van der Waals surface area (Å²) in [6.45, 7) is 8.37. The second-order valence-corrected chi connectivity index (χ2v) is 5.64. The van der Waals surface area contributed by atoms with E-state index in [1.807, 2.05) is 25.5 Å². The third-order valence-corrected chi connectivity index (χ3v) is 3.25. The van der Waals surface area contributed by atoms with Crippen molar-refractivity contribution < 1.29 is 9.32 Å². The summed E-state index contributed by atoms with van der Waals surface area (Å²) >= 11 is 0. The maximum Gasteiger partial charge on any atom is 0.273 e. The van der Waals surface area contributed by atoms with Gasteiger partial charge in [0, 0.05) is 24.9 Å². The Labute approximate surface area is 123 Å². The van der Waals surface area contributed by atoms with E-state index in [2.05, 4.69) is 34.5 Å². The molecule has 0 aliphatic heterocycles. The topological polar surface area (TPSA) is 85.8 Å². The van der Waals surface area contributed by atoms with Gasteiger partial charge in [-0.15, -0.1) is 10.2 Å². The van der Waals surface area contributed by atoms with Crippen LogP contribution in [0.3, 0.4) is 0 Å². The zero-order valence-corrected chi connectivity index (χ0v) is 13.0. The zero-order chi connectivity index (χ0) is 15.6. The first-order valence-corrected chi connectivity index (χ1v) is 7.03. The maximum atomic E-state index is 12.0. The Morgan fingerprint density at radius 3 is 2.52 bits per heavy atom. The van der Waals surface area contributed by atoms with Crippen LogP contribution in [-0.4, -0.2) is 25.8 Å². The molecule has 0 spiro atoms. The lowest BCUT2D eigenvalue weighted by Gasteiger charge is -2.06. The number of amides is 1. The number of nitrogens with zero attached hydrogens (tertiary/aromatic N) is 4. The third-order valence-electron chi connectivity index (χ3n) is 3.25. The number of carbonyl (C=O) groups excluding carboxylic acids is 1. The summed E-state index contributed by atoms with van der Waals surface area (Å²) in [6, 6.07) is 1.66. The van der Waals surface area contributed by atoms with Gasteiger partial charge in [-0.25, -0.2) is 0 Å². The van der Waals surface area contributed by atoms with Gasteiger partial charge in [0.2, 0.25) is 0 Å². The van der Waals surface area contributed by atoms with Gasteiger partial charge in [-0.1, -0.05) is 32.9 Å². The molecule has 0 radical (unpaired) electrons. The van der Waals surface area contributed by atoms with Gasteiger partial charge in [0.05, 0.1) is 6.54 Å². The van der Waals surface area contributed by atoms with Gasteiger partial charge in [-0.3, -0.25) is 4.79 Å². The SMILES string of the molecule is CC(C)c1cc(C(=O)NCc2nnc(C(C)C)n2C)no1. The molecular weight excluding hydrogens is 270 g/mol. The smallest absolute Gasteiger partial charge is 0.273 e. The van der Waals surface area contributed by atoms with Crippen molar-refractivity contribution in [3.8, 4) is 0 Å². The molecule has 0 atom stereocenters. The highest BCUT2D eigenvalue weighted by molar-refractivity contribution is 5.92. The first-order valence-electron chi connectivity index (χ1n) is 7.03. The molecule has 0 bridgehead atoms. The molecule has 0 aliphatic carbocycles. The van der Waals surface area contributed by atoms with Crippen LogP contribution in [0.1, 0.15) is 67.4 Å². The molecule has 1 N–H and O–H groups in total. The molecule has 0 saturated heterocycles. The van der Waals surface area contributed by atoms with Gasteiger partial charge < -0.3 is 14.4 Å². The number of hydrogen-bond donors (Lipinski definition) is 1. The quantitative estimate of drug-likeness (QED) is 0.910. The number of carbonyl (C=O) groups is 1. The van der Waals surface area contributed by atoms with E-state index >= 15 is 0 Å². The van der Waals surface area contributed by atoms with Crippen LogP contribution in [0.25, 0.3) is 0 Å². The lowest BCUT2D eigenvalue weighted by atomic mass is 10.1. The molecule has 0 aliphatic rings. The van der Waals surface area contributed by atoms with Crippen LogP contribution in [0.2, 0.25) is 0 Å². The number of hydrogen-bond acceptors (Lipinski definition) is 5. The van der Waals surface area contributed by atoms with Crippen molar-refractivity contribution in [3.63, 3.8) is 0 Å². The zero-order valence-electron chi connectivity index (χ0n) is 13.0. The molecule has 2 aromatic heterocycles. The second kappa shape index (κ2) is 6.07. The Morgan fingerprint density at radius 1 is 1.29 bits per heavy atom. The summed E-state index contributed by atoms with van der Waals surface area (Å²) in [4.78, 5) is 12.0. The predicted molar refractivity (Wildman–Crippen MR) is 76.9 cm³/mol. The summed E-state index contributed by atoms with van der Waals surface area (Å²) in [6.07, 6.45) is 0. The lowest BCUT2D eigenvalue weighted by molar-refractivity contribution is 0.0940. The van der Waals surface area contributed by atoms with Crippen molar-refractivity contribution in [1.29, 1.82) is 0 Å². The standard InChI is InChI=1S/C14H21N5O2/c1-8(2)11-6-10(18-21-11)14(20)15-7-12-16-17-13(9(3)4)19(12)5/h6,8-9H,7H2,1-5H3,(H,15,20). The van der Waals surface area contributed by atoms with Crippen LogP contribution < -0.4 is 5.32 Å². The van der Waals surface area contributed by atoms with E-state index in [0.717, 1.165) is 5.82 Å². The first-order chi connectivity index (χ1) is 9.90. The average molecular weight is 291 g/mol. The van der Waals surface area contributed by atoms with Crippen LogP contribution in [0, 0.1) is 0 Å². The molecule has 0 aromatic carbocycles. The van der Waals surface area contributed by atoms with Gasteiger partial charge in [-0.05, 0) is 0 Å². The Hall–Kier alpha value is -2.18. The fraction of sp³-hybridized carbons (Fsp3) is 0.571. The summed E-state index contributed by atoms with van der Waals surface area (Å²) in [7, 11) is 1.89. The largest absolute Gasteiger partial charge is 0.360 e. The fourth-order valence-electron chi connectivity index (χ4n) is 1.95. The van der Waals surface area contributed by atoms with Crippen molar-refractivity contribution in [2.75, 3.05) is 0 Å². The summed E-state index contributed by atoms with van der Waals surface area (Å²) < 4.78 is 7.01. The van der Waals surface area contributed by atoms with E-state index in [-0.39, 0.29) is 23.4 Å². The first kappa shape index (κ1) is 15.2. The minimum atomic E-state index is -0.278. The third kappa shape index (κ3) is 3.29. The van der Waals surface area contributed by atoms with Gasteiger partial charge in [0.1, 0.15) is 11.6 Å². The van der Waals surface area contributed by atoms with E-state index in [1.165, 1.54) is 0 Å². The molecule has 0 saturated carbocycles. The van der Waals surface area contributed by atoms with E-state index in [0.29, 0.717) is 18.1 Å². The molecule has 2 aromatic rings. The molecule has 7 heteroatoms. The summed E-state index contributed by atoms with van der Waals surface area (Å²) in [5.74, 6) is 2.51. The molecule has 0 unspecified atom stereocenters. The van der Waals surface area contributed by atoms with Crippen molar-refractivity contribution >= 4 is 5.91 Å². The Bertz CT molecular complexity index is 627. The lowest BCUT2D eigenvalue weighted by Crippen LogP contribution is -2.24. The Balaban J connectivity index is 2.00. The number of nitrogens with one attached hydrogen (secondary N) is 1. The second-order valence-electron chi connectivity index (χ2n) is 5.64. The molecule has 7 nitrogen and oxygen atoms in total. The minimum absolute atomic E-state index is 0.200. The van der Waals surface area contributed by atoms with Gasteiger partial charge in [-0.2, -0.15) is 0 Å². The fourth-order valence-corrected chi connectivity index (χ4v) is 1.95. The van der Waals surface area contributed by atoms with E-state index in [9.17, 15) is 4.79 Å². The molecule has 2 heterocycles. The van der Waals surface area contributed by atoms with E-state index < -0.39 is 0 Å². The van der Waals surface area contributed by atoms with Crippen molar-refractivity contribution in [3.05, 3.63) is 29.2 Å². The average Bonchev–Trinajstić information content (AvgIpc) is 3.03. The highest BCUT2D eigenvalue weighted by atomic mass is 16.5. The maximum absolute atomic E-state index is 12.0.